The normalized spacial score (nSPS) is 11.1. The Bertz CT molecular complexity index is 1050. The van der Waals surface area contributed by atoms with Crippen LogP contribution in [-0.4, -0.2) is 15.2 Å². The molecule has 0 radical (unpaired) electrons. The Morgan fingerprint density at radius 3 is 2.64 bits per heavy atom. The van der Waals surface area contributed by atoms with E-state index in [4.69, 9.17) is 0 Å². The van der Waals surface area contributed by atoms with E-state index < -0.39 is 0 Å². The van der Waals surface area contributed by atoms with Gasteiger partial charge in [-0.2, -0.15) is 5.10 Å². The molecule has 2 aromatic carbocycles. The number of H-pyrrole nitrogens is 1. The van der Waals surface area contributed by atoms with Crippen molar-refractivity contribution < 1.29 is 0 Å². The minimum Gasteiger partial charge on any atom is -0.267 e. The molecule has 0 aliphatic rings. The van der Waals surface area contributed by atoms with Crippen molar-refractivity contribution in [1.82, 2.24) is 15.2 Å². The highest BCUT2D eigenvalue weighted by atomic mass is 16.1. The molecule has 4 nitrogen and oxygen atoms in total. The smallest absolute Gasteiger partial charge is 0.267 e. The quantitative estimate of drug-likeness (QED) is 0.545. The van der Waals surface area contributed by atoms with Gasteiger partial charge in [0.2, 0.25) is 0 Å². The Morgan fingerprint density at radius 1 is 1.00 bits per heavy atom. The Kier molecular flexibility index (Phi) is 2.76. The van der Waals surface area contributed by atoms with Crippen LogP contribution in [0.2, 0.25) is 0 Å². The van der Waals surface area contributed by atoms with Crippen molar-refractivity contribution >= 4 is 21.7 Å². The highest BCUT2D eigenvalue weighted by molar-refractivity contribution is 6.08. The molecule has 0 fully saturated rings. The van der Waals surface area contributed by atoms with Crippen LogP contribution in [0, 0.1) is 6.92 Å². The third-order valence-corrected chi connectivity index (χ3v) is 3.82. The van der Waals surface area contributed by atoms with Crippen LogP contribution < -0.4 is 5.56 Å². The monoisotopic (exact) mass is 287 g/mol. The largest absolute Gasteiger partial charge is 0.272 e. The lowest BCUT2D eigenvalue weighted by molar-refractivity contribution is 1.02. The molecule has 0 spiro atoms. The fourth-order valence-electron chi connectivity index (χ4n) is 2.77. The van der Waals surface area contributed by atoms with Gasteiger partial charge in [0.05, 0.1) is 10.9 Å². The number of hydrogen-bond donors (Lipinski definition) is 1. The second-order valence-corrected chi connectivity index (χ2v) is 5.33. The van der Waals surface area contributed by atoms with Crippen LogP contribution in [0.3, 0.4) is 0 Å². The summed E-state index contributed by atoms with van der Waals surface area (Å²) in [5.74, 6) is 0. The van der Waals surface area contributed by atoms with Gasteiger partial charge < -0.3 is 0 Å². The predicted molar refractivity (Wildman–Crippen MR) is 87.8 cm³/mol. The van der Waals surface area contributed by atoms with E-state index in [0.29, 0.717) is 5.39 Å². The lowest BCUT2D eigenvalue weighted by atomic mass is 10.0. The maximum Gasteiger partial charge on any atom is 0.272 e. The van der Waals surface area contributed by atoms with Crippen LogP contribution in [0.5, 0.6) is 0 Å². The summed E-state index contributed by atoms with van der Waals surface area (Å²) in [6.07, 6.45) is 1.73. The van der Waals surface area contributed by atoms with Crippen LogP contribution in [0.15, 0.2) is 59.5 Å². The van der Waals surface area contributed by atoms with Gasteiger partial charge in [0.25, 0.3) is 5.56 Å². The number of rotatable bonds is 1. The summed E-state index contributed by atoms with van der Waals surface area (Å²) in [7, 11) is 0. The molecular formula is C18H13N3O. The number of pyridine rings is 1. The number of aromatic amines is 1. The molecule has 22 heavy (non-hydrogen) atoms. The predicted octanol–water partition coefficient (Wildman–Crippen LogP) is 3.45. The van der Waals surface area contributed by atoms with Crippen LogP contribution >= 0.6 is 0 Å². The van der Waals surface area contributed by atoms with Crippen LogP contribution in [0.4, 0.5) is 0 Å². The van der Waals surface area contributed by atoms with Crippen molar-refractivity contribution in [3.63, 3.8) is 0 Å². The van der Waals surface area contributed by atoms with Crippen molar-refractivity contribution in [2.75, 3.05) is 0 Å². The number of benzene rings is 2. The van der Waals surface area contributed by atoms with Gasteiger partial charge in [-0.15, -0.1) is 0 Å². The van der Waals surface area contributed by atoms with Crippen molar-refractivity contribution in [1.29, 1.82) is 0 Å². The van der Waals surface area contributed by atoms with Gasteiger partial charge in [0, 0.05) is 22.5 Å². The van der Waals surface area contributed by atoms with Crippen LogP contribution in [0.25, 0.3) is 32.9 Å². The summed E-state index contributed by atoms with van der Waals surface area (Å²) >= 11 is 0. The van der Waals surface area contributed by atoms with Crippen LogP contribution in [0.1, 0.15) is 5.56 Å². The van der Waals surface area contributed by atoms with Crippen LogP contribution in [-0.2, 0) is 0 Å². The highest BCUT2D eigenvalue weighted by Crippen LogP contribution is 2.28. The Balaban J connectivity index is 2.19. The van der Waals surface area contributed by atoms with Gasteiger partial charge in [-0.25, -0.2) is 5.10 Å². The molecule has 0 saturated heterocycles. The average molecular weight is 287 g/mol. The molecule has 0 aliphatic heterocycles. The number of fused-ring (bicyclic) bond motifs is 3. The Hall–Kier alpha value is -3.01. The van der Waals surface area contributed by atoms with E-state index in [2.05, 4.69) is 15.2 Å². The van der Waals surface area contributed by atoms with E-state index in [1.807, 2.05) is 55.5 Å². The highest BCUT2D eigenvalue weighted by Gasteiger charge is 2.12. The summed E-state index contributed by atoms with van der Waals surface area (Å²) in [4.78, 5) is 16.8. The lowest BCUT2D eigenvalue weighted by Gasteiger charge is -2.07. The van der Waals surface area contributed by atoms with Gasteiger partial charge >= 0.3 is 0 Å². The third-order valence-electron chi connectivity index (χ3n) is 3.82. The zero-order chi connectivity index (χ0) is 15.1. The minimum atomic E-state index is -0.187. The standard InChI is InChI=1S/C18H13N3O/c1-11-7-8-15-13(9-11)16-14(10-19-15)17(20-21-18(16)22)12-5-3-2-4-6-12/h2-10H,1H3,(H,21,22). The Labute approximate surface area is 126 Å². The van der Waals surface area contributed by atoms with Gasteiger partial charge in [0.1, 0.15) is 5.69 Å². The molecule has 106 valence electrons. The van der Waals surface area contributed by atoms with E-state index in [0.717, 1.165) is 33.1 Å². The van der Waals surface area contributed by atoms with Crippen molar-refractivity contribution in [2.24, 2.45) is 0 Å². The van der Waals surface area contributed by atoms with Crippen molar-refractivity contribution in [2.45, 2.75) is 6.92 Å². The molecule has 4 aromatic rings. The molecule has 0 aliphatic carbocycles. The molecule has 2 aromatic heterocycles. The van der Waals surface area contributed by atoms with Gasteiger partial charge in [-0.05, 0) is 19.1 Å². The SMILES string of the molecule is Cc1ccc2ncc3c(-c4ccccc4)n[nH]c(=O)c3c2c1. The van der Waals surface area contributed by atoms with E-state index in [9.17, 15) is 4.79 Å². The number of aromatic nitrogens is 3. The number of nitrogens with one attached hydrogen (secondary N) is 1. The fraction of sp³-hybridized carbons (Fsp3) is 0.0556. The maximum absolute atomic E-state index is 12.3. The average Bonchev–Trinajstić information content (AvgIpc) is 2.55. The second kappa shape index (κ2) is 4.77. The first-order valence-electron chi connectivity index (χ1n) is 7.07. The maximum atomic E-state index is 12.3. The Morgan fingerprint density at radius 2 is 1.82 bits per heavy atom. The zero-order valence-corrected chi connectivity index (χ0v) is 12.0. The first kappa shape index (κ1) is 12.7. The molecule has 0 atom stereocenters. The van der Waals surface area contributed by atoms with E-state index in [-0.39, 0.29) is 5.56 Å². The summed E-state index contributed by atoms with van der Waals surface area (Å²) in [6, 6.07) is 15.7. The second-order valence-electron chi connectivity index (χ2n) is 5.33. The summed E-state index contributed by atoms with van der Waals surface area (Å²) in [5.41, 5.74) is 3.42. The molecule has 2 heterocycles. The van der Waals surface area contributed by atoms with E-state index in [1.165, 1.54) is 0 Å². The topological polar surface area (TPSA) is 58.6 Å². The fourth-order valence-corrected chi connectivity index (χ4v) is 2.77. The van der Waals surface area contributed by atoms with Crippen molar-refractivity contribution in [3.8, 4) is 11.3 Å². The first-order valence-corrected chi connectivity index (χ1v) is 7.07. The van der Waals surface area contributed by atoms with E-state index >= 15 is 0 Å². The molecule has 1 N–H and O–H groups in total. The number of hydrogen-bond acceptors (Lipinski definition) is 3. The summed E-state index contributed by atoms with van der Waals surface area (Å²) in [5, 5.41) is 9.12. The number of nitrogens with zero attached hydrogens (tertiary/aromatic N) is 2. The molecule has 0 amide bonds. The minimum absolute atomic E-state index is 0.187. The molecule has 4 heteroatoms. The summed E-state index contributed by atoms with van der Waals surface area (Å²) < 4.78 is 0. The van der Waals surface area contributed by atoms with Crippen molar-refractivity contribution in [3.05, 3.63) is 70.6 Å². The summed E-state index contributed by atoms with van der Waals surface area (Å²) in [6.45, 7) is 2.01. The van der Waals surface area contributed by atoms with Gasteiger partial charge in [0.15, 0.2) is 0 Å². The lowest BCUT2D eigenvalue weighted by Crippen LogP contribution is -2.10. The first-order chi connectivity index (χ1) is 10.7. The number of aryl methyl sites for hydroxylation is 1. The van der Waals surface area contributed by atoms with Gasteiger partial charge in [-0.1, -0.05) is 42.0 Å². The molecule has 0 unspecified atom stereocenters. The third kappa shape index (κ3) is 1.89. The molecule has 0 bridgehead atoms. The molecule has 4 rings (SSSR count). The molecule has 0 saturated carbocycles. The zero-order valence-electron chi connectivity index (χ0n) is 12.0. The van der Waals surface area contributed by atoms with E-state index in [1.54, 1.807) is 6.20 Å². The van der Waals surface area contributed by atoms with Gasteiger partial charge in [-0.3, -0.25) is 9.78 Å². The molecular weight excluding hydrogens is 274 g/mol.